The highest BCUT2D eigenvalue weighted by Gasteiger charge is 2.54. The number of nitrogens with zero attached hydrogens (tertiary/aromatic N) is 2. The van der Waals surface area contributed by atoms with E-state index in [1.165, 1.54) is 4.90 Å². The fourth-order valence-electron chi connectivity index (χ4n) is 3.27. The Morgan fingerprint density at radius 2 is 1.74 bits per heavy atom. The molecule has 3 amide bonds. The van der Waals surface area contributed by atoms with E-state index < -0.39 is 5.54 Å². The maximum absolute atomic E-state index is 13.0. The van der Waals surface area contributed by atoms with Gasteiger partial charge < -0.3 is 28.6 Å². The lowest BCUT2D eigenvalue weighted by molar-refractivity contribution is -0.134. The van der Waals surface area contributed by atoms with E-state index in [1.54, 1.807) is 4.90 Å². The summed E-state index contributed by atoms with van der Waals surface area (Å²) >= 11 is 0. The lowest BCUT2D eigenvalue weighted by Gasteiger charge is -2.30. The van der Waals surface area contributed by atoms with Gasteiger partial charge in [0.1, 0.15) is 17.7 Å². The molecular weight excluding hydrogens is 356 g/mol. The molecule has 5 atom stereocenters. The first-order chi connectivity index (χ1) is 13.0. The largest absolute Gasteiger partial charge is 0.376 e. The molecule has 4 saturated heterocycles. The van der Waals surface area contributed by atoms with Crippen LogP contribution in [0, 0.1) is 0 Å². The summed E-state index contributed by atoms with van der Waals surface area (Å²) in [5, 5.41) is 0. The van der Waals surface area contributed by atoms with Crippen LogP contribution in [0.25, 0.3) is 0 Å². The molecular formula is C18H28N2O7. The quantitative estimate of drug-likeness (QED) is 0.346. The summed E-state index contributed by atoms with van der Waals surface area (Å²) in [6.07, 6.45) is 0.462. The number of hydrogen-bond donors (Lipinski definition) is 0. The van der Waals surface area contributed by atoms with Gasteiger partial charge in [0.2, 0.25) is 0 Å². The summed E-state index contributed by atoms with van der Waals surface area (Å²) < 4.78 is 27.1. The van der Waals surface area contributed by atoms with E-state index in [0.29, 0.717) is 46.0 Å². The summed E-state index contributed by atoms with van der Waals surface area (Å²) in [7, 11) is 0. The fraction of sp³-hybridized carbons (Fsp3) is 0.889. The number of amides is 3. The average Bonchev–Trinajstić information content (AvgIpc) is 3.52. The number of hydrogen-bond acceptors (Lipinski definition) is 7. The number of carbonyl (C=O) groups is 2. The zero-order valence-electron chi connectivity index (χ0n) is 15.9. The first kappa shape index (κ1) is 19.1. The van der Waals surface area contributed by atoms with E-state index in [0.717, 1.165) is 6.61 Å². The van der Waals surface area contributed by atoms with Crippen molar-refractivity contribution in [3.05, 3.63) is 0 Å². The fourth-order valence-corrected chi connectivity index (χ4v) is 3.27. The van der Waals surface area contributed by atoms with Gasteiger partial charge in [-0.3, -0.25) is 9.69 Å². The van der Waals surface area contributed by atoms with E-state index in [-0.39, 0.29) is 42.9 Å². The normalized spacial score (nSPS) is 35.7. The third kappa shape index (κ3) is 4.43. The van der Waals surface area contributed by atoms with Gasteiger partial charge in [0.15, 0.2) is 0 Å². The Bertz CT molecular complexity index is 576. The molecule has 0 bridgehead atoms. The monoisotopic (exact) mass is 384 g/mol. The number of imide groups is 1. The number of rotatable bonds is 12. The maximum atomic E-state index is 13.0. The Morgan fingerprint density at radius 1 is 1.11 bits per heavy atom. The van der Waals surface area contributed by atoms with Crippen LogP contribution in [0.1, 0.15) is 20.3 Å². The van der Waals surface area contributed by atoms with Gasteiger partial charge in [0.05, 0.1) is 64.9 Å². The van der Waals surface area contributed by atoms with E-state index >= 15 is 0 Å². The topological polar surface area (TPSA) is 96.7 Å². The predicted molar refractivity (Wildman–Crippen MR) is 92.3 cm³/mol. The molecule has 9 heteroatoms. The molecule has 0 aromatic rings. The van der Waals surface area contributed by atoms with E-state index in [1.807, 2.05) is 13.8 Å². The Kier molecular flexibility index (Phi) is 5.39. The summed E-state index contributed by atoms with van der Waals surface area (Å²) in [6, 6.07) is -0.276. The van der Waals surface area contributed by atoms with Crippen LogP contribution in [0.3, 0.4) is 0 Å². The standard InChI is InChI=1S/C18H28N2O7/c1-3-18(2)16(21)19(17(22)20(18)5-13-8-24-13)4-12(25-10-15-11-27-15)6-23-7-14-9-26-14/h12-15H,3-11H2,1-2H3. The van der Waals surface area contributed by atoms with Crippen molar-refractivity contribution in [1.29, 1.82) is 0 Å². The molecule has 4 aliphatic rings. The molecule has 5 unspecified atom stereocenters. The summed E-state index contributed by atoms with van der Waals surface area (Å²) in [5.41, 5.74) is -0.837. The average molecular weight is 384 g/mol. The zero-order valence-corrected chi connectivity index (χ0v) is 15.9. The minimum atomic E-state index is -0.837. The van der Waals surface area contributed by atoms with E-state index in [4.69, 9.17) is 23.7 Å². The van der Waals surface area contributed by atoms with E-state index in [2.05, 4.69) is 0 Å². The maximum Gasteiger partial charge on any atom is 0.327 e. The van der Waals surface area contributed by atoms with Crippen molar-refractivity contribution in [3.8, 4) is 0 Å². The summed E-state index contributed by atoms with van der Waals surface area (Å²) in [5.74, 6) is -0.183. The molecule has 0 aromatic carbocycles. The van der Waals surface area contributed by atoms with Crippen molar-refractivity contribution < 1.29 is 33.3 Å². The predicted octanol–water partition coefficient (Wildman–Crippen LogP) is 0.0175. The van der Waals surface area contributed by atoms with E-state index in [9.17, 15) is 9.59 Å². The molecule has 4 aliphatic heterocycles. The van der Waals surface area contributed by atoms with Crippen molar-refractivity contribution in [2.45, 2.75) is 50.2 Å². The van der Waals surface area contributed by atoms with Crippen LogP contribution in [0.5, 0.6) is 0 Å². The number of carbonyl (C=O) groups excluding carboxylic acids is 2. The first-order valence-electron chi connectivity index (χ1n) is 9.69. The Morgan fingerprint density at radius 3 is 2.33 bits per heavy atom. The molecule has 0 spiro atoms. The van der Waals surface area contributed by atoms with Crippen LogP contribution in [0.4, 0.5) is 4.79 Å². The number of urea groups is 1. The van der Waals surface area contributed by atoms with Gasteiger partial charge in [-0.1, -0.05) is 6.92 Å². The molecule has 0 N–H and O–H groups in total. The molecule has 0 radical (unpaired) electrons. The van der Waals surface area contributed by atoms with Crippen molar-refractivity contribution in [3.63, 3.8) is 0 Å². The van der Waals surface area contributed by atoms with Gasteiger partial charge in [-0.05, 0) is 13.3 Å². The van der Waals surface area contributed by atoms with Gasteiger partial charge in [0, 0.05) is 0 Å². The Hall–Kier alpha value is -1.26. The highest BCUT2D eigenvalue weighted by Crippen LogP contribution is 2.33. The SMILES string of the molecule is CCC1(C)C(=O)N(CC(COCC2CO2)OCC2CO2)C(=O)N1CC1CO1. The van der Waals surface area contributed by atoms with Gasteiger partial charge in [-0.25, -0.2) is 4.79 Å². The minimum Gasteiger partial charge on any atom is -0.376 e. The molecule has 27 heavy (non-hydrogen) atoms. The lowest BCUT2D eigenvalue weighted by atomic mass is 9.97. The lowest BCUT2D eigenvalue weighted by Crippen LogP contribution is -2.48. The van der Waals surface area contributed by atoms with Crippen LogP contribution in [0.2, 0.25) is 0 Å². The van der Waals surface area contributed by atoms with Crippen molar-refractivity contribution >= 4 is 11.9 Å². The molecule has 4 fully saturated rings. The highest BCUT2D eigenvalue weighted by atomic mass is 16.6. The minimum absolute atomic E-state index is 0.0357. The van der Waals surface area contributed by atoms with Crippen LogP contribution >= 0.6 is 0 Å². The third-order valence-corrected chi connectivity index (χ3v) is 5.56. The molecule has 4 rings (SSSR count). The van der Waals surface area contributed by atoms with Crippen LogP contribution in [-0.2, 0) is 28.5 Å². The second-order valence-electron chi connectivity index (χ2n) is 7.80. The molecule has 9 nitrogen and oxygen atoms in total. The summed E-state index contributed by atoms with van der Waals surface area (Å²) in [4.78, 5) is 29.0. The van der Waals surface area contributed by atoms with Crippen molar-refractivity contribution in [1.82, 2.24) is 9.80 Å². The molecule has 0 aromatic heterocycles. The smallest absolute Gasteiger partial charge is 0.327 e. The molecule has 152 valence electrons. The van der Waals surface area contributed by atoms with Crippen molar-refractivity contribution in [2.24, 2.45) is 0 Å². The van der Waals surface area contributed by atoms with Gasteiger partial charge in [-0.2, -0.15) is 0 Å². The Labute approximate surface area is 158 Å². The highest BCUT2D eigenvalue weighted by molar-refractivity contribution is 6.06. The van der Waals surface area contributed by atoms with Crippen LogP contribution < -0.4 is 0 Å². The molecule has 4 heterocycles. The van der Waals surface area contributed by atoms with Gasteiger partial charge >= 0.3 is 6.03 Å². The molecule has 0 saturated carbocycles. The van der Waals surface area contributed by atoms with Gasteiger partial charge in [0.25, 0.3) is 5.91 Å². The zero-order chi connectivity index (χ0) is 19.0. The molecule has 0 aliphatic carbocycles. The van der Waals surface area contributed by atoms with Crippen LogP contribution in [-0.4, -0.2) is 104 Å². The Balaban J connectivity index is 1.39. The number of epoxide rings is 3. The van der Waals surface area contributed by atoms with Crippen LogP contribution in [0.15, 0.2) is 0 Å². The van der Waals surface area contributed by atoms with Gasteiger partial charge in [-0.15, -0.1) is 0 Å². The second kappa shape index (κ2) is 7.63. The third-order valence-electron chi connectivity index (χ3n) is 5.56. The number of ether oxygens (including phenoxy) is 5. The summed E-state index contributed by atoms with van der Waals surface area (Å²) in [6.45, 7) is 7.66. The second-order valence-corrected chi connectivity index (χ2v) is 7.80. The first-order valence-corrected chi connectivity index (χ1v) is 9.69. The van der Waals surface area contributed by atoms with Crippen molar-refractivity contribution in [2.75, 3.05) is 52.7 Å².